The highest BCUT2D eigenvalue weighted by atomic mass is 35.5. The zero-order valence-corrected chi connectivity index (χ0v) is 8.37. The van der Waals surface area contributed by atoms with Crippen molar-refractivity contribution in [1.29, 1.82) is 0 Å². The van der Waals surface area contributed by atoms with Crippen molar-refractivity contribution in [2.24, 2.45) is 0 Å². The maximum atomic E-state index is 10.8. The van der Waals surface area contributed by atoms with E-state index in [1.807, 2.05) is 0 Å². The first kappa shape index (κ1) is 11.3. The molecule has 0 atom stereocenters. The maximum Gasteiger partial charge on any atom is 0.339 e. The lowest BCUT2D eigenvalue weighted by Gasteiger charge is -2.08. The Morgan fingerprint density at radius 1 is 1.27 bits per heavy atom. The van der Waals surface area contributed by atoms with Gasteiger partial charge in [0.15, 0.2) is 0 Å². The third-order valence-corrected chi connectivity index (χ3v) is 2.13. The lowest BCUT2D eigenvalue weighted by atomic mass is 10.1. The summed E-state index contributed by atoms with van der Waals surface area (Å²) in [4.78, 5) is 25.0. The van der Waals surface area contributed by atoms with Crippen molar-refractivity contribution >= 4 is 29.4 Å². The van der Waals surface area contributed by atoms with E-state index in [4.69, 9.17) is 27.5 Å². The van der Waals surface area contributed by atoms with Crippen LogP contribution in [0.3, 0.4) is 0 Å². The number of carboxylic acid groups (broad SMARTS) is 2. The van der Waals surface area contributed by atoms with E-state index in [1.54, 1.807) is 0 Å². The average molecular weight is 231 g/mol. The van der Waals surface area contributed by atoms with Gasteiger partial charge in [-0.2, -0.15) is 0 Å². The molecule has 0 radical (unpaired) electrons. The quantitative estimate of drug-likeness (QED) is 0.654. The van der Waals surface area contributed by atoms with Crippen LogP contribution < -0.4 is 5.73 Å². The highest BCUT2D eigenvalue weighted by Crippen LogP contribution is 2.25. The molecule has 0 fully saturated rings. The van der Waals surface area contributed by atoms with Crippen LogP contribution in [0.25, 0.3) is 0 Å². The van der Waals surface area contributed by atoms with E-state index < -0.39 is 11.9 Å². The number of hydrogen-bond donors (Lipinski definition) is 3. The van der Waals surface area contributed by atoms with E-state index in [9.17, 15) is 9.59 Å². The molecule has 0 saturated heterocycles. The molecule has 0 saturated carbocycles. The molecule has 4 N–H and O–H groups in total. The topological polar surface area (TPSA) is 114 Å². The number of pyridine rings is 1. The Balaban J connectivity index is 3.64. The van der Waals surface area contributed by atoms with Gasteiger partial charge in [-0.3, -0.25) is 0 Å². The Labute approximate surface area is 89.3 Å². The molecule has 1 aromatic heterocycles. The third-order valence-electron chi connectivity index (χ3n) is 1.86. The van der Waals surface area contributed by atoms with E-state index in [0.717, 1.165) is 0 Å². The van der Waals surface area contributed by atoms with Crippen molar-refractivity contribution in [3.63, 3.8) is 0 Å². The molecular weight excluding hydrogens is 224 g/mol. The zero-order chi connectivity index (χ0) is 11.7. The first-order valence-electron chi connectivity index (χ1n) is 3.78. The molecule has 1 aromatic rings. The summed E-state index contributed by atoms with van der Waals surface area (Å²) in [5.41, 5.74) is 4.64. The minimum absolute atomic E-state index is 0.00694. The number of carbonyl (C=O) groups is 2. The highest BCUT2D eigenvalue weighted by Gasteiger charge is 2.22. The molecule has 0 aliphatic carbocycles. The van der Waals surface area contributed by atoms with Crippen molar-refractivity contribution in [2.45, 2.75) is 6.92 Å². The van der Waals surface area contributed by atoms with Crippen LogP contribution >= 0.6 is 11.6 Å². The summed E-state index contributed by atoms with van der Waals surface area (Å²) in [7, 11) is 0. The Bertz CT molecular complexity index is 420. The fourth-order valence-corrected chi connectivity index (χ4v) is 1.52. The molecule has 0 bridgehead atoms. The second-order valence-corrected chi connectivity index (χ2v) is 3.13. The van der Waals surface area contributed by atoms with E-state index in [2.05, 4.69) is 4.98 Å². The molecule has 0 aliphatic heterocycles. The van der Waals surface area contributed by atoms with Crippen LogP contribution in [0.5, 0.6) is 0 Å². The van der Waals surface area contributed by atoms with Crippen molar-refractivity contribution in [1.82, 2.24) is 4.98 Å². The summed E-state index contributed by atoms with van der Waals surface area (Å²) in [6.07, 6.45) is 0. The molecule has 0 unspecified atom stereocenters. The normalized spacial score (nSPS) is 10.0. The molecular formula is C8H7ClN2O4. The van der Waals surface area contributed by atoms with Crippen LogP contribution in [0.2, 0.25) is 5.15 Å². The van der Waals surface area contributed by atoms with Crippen LogP contribution in [0.15, 0.2) is 0 Å². The number of rotatable bonds is 2. The van der Waals surface area contributed by atoms with Gasteiger partial charge < -0.3 is 15.9 Å². The number of anilines is 1. The monoisotopic (exact) mass is 230 g/mol. The van der Waals surface area contributed by atoms with Gasteiger partial charge in [-0.25, -0.2) is 14.6 Å². The average Bonchev–Trinajstić information content (AvgIpc) is 1.99. The molecule has 0 aliphatic rings. The van der Waals surface area contributed by atoms with Crippen molar-refractivity contribution in [3.05, 3.63) is 21.8 Å². The number of hydrogen-bond acceptors (Lipinski definition) is 4. The maximum absolute atomic E-state index is 10.8. The molecule has 0 amide bonds. The van der Waals surface area contributed by atoms with Gasteiger partial charge in [0.25, 0.3) is 0 Å². The highest BCUT2D eigenvalue weighted by molar-refractivity contribution is 6.33. The second kappa shape index (κ2) is 3.74. The van der Waals surface area contributed by atoms with Gasteiger partial charge in [-0.05, 0) is 12.5 Å². The van der Waals surface area contributed by atoms with Crippen molar-refractivity contribution in [3.8, 4) is 0 Å². The first-order valence-corrected chi connectivity index (χ1v) is 4.16. The van der Waals surface area contributed by atoms with Gasteiger partial charge in [-0.1, -0.05) is 11.6 Å². The number of nitrogens with two attached hydrogens (primary N) is 1. The zero-order valence-electron chi connectivity index (χ0n) is 7.61. The van der Waals surface area contributed by atoms with Crippen molar-refractivity contribution < 1.29 is 19.8 Å². The summed E-state index contributed by atoms with van der Waals surface area (Å²) >= 11 is 5.54. The summed E-state index contributed by atoms with van der Waals surface area (Å²) in [5.74, 6) is -2.97. The third kappa shape index (κ3) is 1.84. The van der Waals surface area contributed by atoms with Crippen LogP contribution in [0.4, 0.5) is 5.82 Å². The standard InChI is InChI=1S/C8H7ClN2O4/c1-2-3(7(12)13)5(9)11-6(10)4(2)8(14)15/h1H3,(H2,10,11)(H,12,13)(H,14,15). The number of nitrogens with zero attached hydrogens (tertiary/aromatic N) is 1. The van der Waals surface area contributed by atoms with Crippen LogP contribution in [-0.4, -0.2) is 27.1 Å². The molecule has 0 aromatic carbocycles. The molecule has 15 heavy (non-hydrogen) atoms. The molecule has 0 spiro atoms. The molecule has 80 valence electrons. The largest absolute Gasteiger partial charge is 0.478 e. The molecule has 1 rings (SSSR count). The Morgan fingerprint density at radius 2 is 1.73 bits per heavy atom. The van der Waals surface area contributed by atoms with E-state index in [1.165, 1.54) is 6.92 Å². The van der Waals surface area contributed by atoms with Gasteiger partial charge in [0.05, 0.1) is 0 Å². The van der Waals surface area contributed by atoms with Gasteiger partial charge in [0.1, 0.15) is 22.1 Å². The number of aromatic nitrogens is 1. The fourth-order valence-electron chi connectivity index (χ4n) is 1.21. The second-order valence-electron chi connectivity index (χ2n) is 2.77. The van der Waals surface area contributed by atoms with E-state index in [-0.39, 0.29) is 27.7 Å². The summed E-state index contributed by atoms with van der Waals surface area (Å²) in [6, 6.07) is 0. The van der Waals surface area contributed by atoms with Crippen LogP contribution in [0, 0.1) is 6.92 Å². The predicted octanol–water partition coefficient (Wildman–Crippen LogP) is 1.02. The fraction of sp³-hybridized carbons (Fsp3) is 0.125. The minimum atomic E-state index is -1.34. The summed E-state index contributed by atoms with van der Waals surface area (Å²) in [5, 5.41) is 17.3. The Kier molecular flexibility index (Phi) is 2.81. The number of nitrogen functional groups attached to an aromatic ring is 1. The lowest BCUT2D eigenvalue weighted by Crippen LogP contribution is -2.13. The van der Waals surface area contributed by atoms with E-state index >= 15 is 0 Å². The van der Waals surface area contributed by atoms with Gasteiger partial charge in [0.2, 0.25) is 0 Å². The Morgan fingerprint density at radius 3 is 2.13 bits per heavy atom. The van der Waals surface area contributed by atoms with Crippen LogP contribution in [0.1, 0.15) is 26.3 Å². The van der Waals surface area contributed by atoms with Crippen molar-refractivity contribution in [2.75, 3.05) is 5.73 Å². The number of aromatic carboxylic acids is 2. The van der Waals surface area contributed by atoms with Gasteiger partial charge >= 0.3 is 11.9 Å². The predicted molar refractivity (Wildman–Crippen MR) is 52.3 cm³/mol. The van der Waals surface area contributed by atoms with Crippen LogP contribution in [-0.2, 0) is 0 Å². The summed E-state index contributed by atoms with van der Waals surface area (Å²) < 4.78 is 0. The lowest BCUT2D eigenvalue weighted by molar-refractivity contribution is 0.0696. The SMILES string of the molecule is Cc1c(C(=O)O)c(N)nc(Cl)c1C(=O)O. The smallest absolute Gasteiger partial charge is 0.339 e. The Hall–Kier alpha value is -1.82. The number of halogens is 1. The van der Waals surface area contributed by atoms with Gasteiger partial charge in [0, 0.05) is 0 Å². The molecule has 6 nitrogen and oxygen atoms in total. The number of carboxylic acids is 2. The molecule has 7 heteroatoms. The molecule has 1 heterocycles. The first-order chi connectivity index (χ1) is 6.86. The summed E-state index contributed by atoms with van der Waals surface area (Å²) in [6.45, 7) is 1.32. The van der Waals surface area contributed by atoms with Gasteiger partial charge in [-0.15, -0.1) is 0 Å². The van der Waals surface area contributed by atoms with E-state index in [0.29, 0.717) is 0 Å². The minimum Gasteiger partial charge on any atom is -0.478 e.